The molecule has 0 fully saturated rings. The van der Waals surface area contributed by atoms with E-state index in [0.717, 1.165) is 12.1 Å². The number of anilines is 1. The fraction of sp³-hybridized carbons (Fsp3) is 0. The molecule has 15 heteroatoms. The van der Waals surface area contributed by atoms with Gasteiger partial charge in [-0.15, -0.1) is 10.2 Å². The lowest BCUT2D eigenvalue weighted by atomic mass is 10.1. The Hall–Kier alpha value is -3.79. The topological polar surface area (TPSA) is 237 Å². The second-order valence-corrected chi connectivity index (χ2v) is 9.18. The van der Waals surface area contributed by atoms with Crippen molar-refractivity contribution >= 4 is 54.0 Å². The van der Waals surface area contributed by atoms with Crippen LogP contribution in [0.15, 0.2) is 56.4 Å². The number of nitrogen functional groups attached to an aromatic ring is 1. The third-order valence-corrected chi connectivity index (χ3v) is 5.88. The van der Waals surface area contributed by atoms with Crippen molar-refractivity contribution in [3.63, 3.8) is 0 Å². The number of carbonyl (C=O) groups is 1. The summed E-state index contributed by atoms with van der Waals surface area (Å²) in [4.78, 5) is 9.79. The lowest BCUT2D eigenvalue weighted by Gasteiger charge is -2.09. The van der Waals surface area contributed by atoms with Gasteiger partial charge < -0.3 is 21.1 Å². The molecular formula is C17H13N3O10S2. The first kappa shape index (κ1) is 22.9. The Bertz CT molecular complexity index is 1530. The molecule has 0 saturated carbocycles. The Kier molecular flexibility index (Phi) is 5.52. The summed E-state index contributed by atoms with van der Waals surface area (Å²) in [5, 5.41) is 36.8. The van der Waals surface area contributed by atoms with Crippen LogP contribution in [-0.2, 0) is 20.2 Å². The highest BCUT2D eigenvalue weighted by molar-refractivity contribution is 7.86. The van der Waals surface area contributed by atoms with E-state index in [4.69, 9.17) is 10.8 Å². The van der Waals surface area contributed by atoms with Gasteiger partial charge in [-0.2, -0.15) is 16.8 Å². The van der Waals surface area contributed by atoms with Gasteiger partial charge in [0.2, 0.25) is 0 Å². The molecule has 32 heavy (non-hydrogen) atoms. The monoisotopic (exact) mass is 483 g/mol. The average Bonchev–Trinajstić information content (AvgIpc) is 2.66. The second kappa shape index (κ2) is 7.72. The molecule has 7 N–H and O–H groups in total. The highest BCUT2D eigenvalue weighted by atomic mass is 32.2. The van der Waals surface area contributed by atoms with E-state index < -0.39 is 58.7 Å². The number of carboxylic acids is 1. The van der Waals surface area contributed by atoms with Gasteiger partial charge in [0.15, 0.2) is 5.75 Å². The normalized spacial score (nSPS) is 12.4. The Labute approximate surface area is 179 Å². The lowest BCUT2D eigenvalue weighted by molar-refractivity contribution is 0.0693. The van der Waals surface area contributed by atoms with Gasteiger partial charge in [0.1, 0.15) is 22.7 Å². The van der Waals surface area contributed by atoms with Crippen molar-refractivity contribution in [2.75, 3.05) is 5.73 Å². The van der Waals surface area contributed by atoms with Crippen LogP contribution in [0.1, 0.15) is 10.4 Å². The Morgan fingerprint density at radius 1 is 0.875 bits per heavy atom. The molecule has 168 valence electrons. The molecule has 3 rings (SSSR count). The van der Waals surface area contributed by atoms with Crippen LogP contribution < -0.4 is 5.73 Å². The number of benzene rings is 3. The number of hydrogen-bond acceptors (Lipinski definition) is 10. The zero-order chi connectivity index (χ0) is 24.0. The van der Waals surface area contributed by atoms with Crippen LogP contribution in [-0.4, -0.2) is 47.2 Å². The van der Waals surface area contributed by atoms with Crippen molar-refractivity contribution in [3.05, 3.63) is 42.0 Å². The molecule has 0 aliphatic rings. The summed E-state index contributed by atoms with van der Waals surface area (Å²) in [6.07, 6.45) is 0. The molecule has 3 aromatic carbocycles. The lowest BCUT2D eigenvalue weighted by Crippen LogP contribution is -2.03. The number of nitrogens with zero attached hydrogens (tertiary/aromatic N) is 2. The maximum atomic E-state index is 11.4. The van der Waals surface area contributed by atoms with E-state index in [9.17, 15) is 40.9 Å². The van der Waals surface area contributed by atoms with Crippen molar-refractivity contribution in [1.29, 1.82) is 0 Å². The molecule has 0 aliphatic heterocycles. The maximum Gasteiger partial charge on any atom is 0.339 e. The first-order valence-corrected chi connectivity index (χ1v) is 11.1. The summed E-state index contributed by atoms with van der Waals surface area (Å²) in [5.74, 6) is -3.34. The summed E-state index contributed by atoms with van der Waals surface area (Å²) in [6, 6.07) is 5.49. The van der Waals surface area contributed by atoms with Crippen molar-refractivity contribution in [1.82, 2.24) is 0 Å². The van der Waals surface area contributed by atoms with Gasteiger partial charge in [0.05, 0.1) is 20.9 Å². The highest BCUT2D eigenvalue weighted by Crippen LogP contribution is 2.41. The van der Waals surface area contributed by atoms with E-state index in [1.54, 1.807) is 0 Å². The number of aromatic carboxylic acids is 1. The number of azo groups is 1. The molecule has 0 aliphatic carbocycles. The van der Waals surface area contributed by atoms with E-state index in [2.05, 4.69) is 10.2 Å². The number of fused-ring (bicyclic) bond motifs is 1. The third-order valence-electron chi connectivity index (χ3n) is 4.22. The standard InChI is InChI=1S/C17H13N3O10S2/c18-11-2-1-7-3-8(31(25,26)27)6-13(21)14(7)15(11)20-19-12-5-9(32(28,29)30)4-10(16(12)22)17(23)24/h1-6,21-22H,18H2,(H,23,24)(H,25,26,27)(H,28,29,30). The molecule has 0 saturated heterocycles. The number of nitrogens with two attached hydrogens (primary N) is 1. The van der Waals surface area contributed by atoms with Crippen LogP contribution in [0.5, 0.6) is 11.5 Å². The van der Waals surface area contributed by atoms with Gasteiger partial charge in [0.25, 0.3) is 20.2 Å². The van der Waals surface area contributed by atoms with E-state index in [-0.39, 0.29) is 22.1 Å². The molecule has 0 radical (unpaired) electrons. The Morgan fingerprint density at radius 3 is 2.03 bits per heavy atom. The molecule has 0 unspecified atom stereocenters. The number of phenols is 2. The Morgan fingerprint density at radius 2 is 1.47 bits per heavy atom. The fourth-order valence-corrected chi connectivity index (χ4v) is 3.82. The van der Waals surface area contributed by atoms with E-state index in [0.29, 0.717) is 12.1 Å². The smallest absolute Gasteiger partial charge is 0.339 e. The zero-order valence-electron chi connectivity index (χ0n) is 15.5. The number of phenolic OH excluding ortho intramolecular Hbond substituents is 1. The van der Waals surface area contributed by atoms with Crippen molar-refractivity contribution in [3.8, 4) is 11.5 Å². The zero-order valence-corrected chi connectivity index (χ0v) is 17.2. The molecule has 0 atom stereocenters. The van der Waals surface area contributed by atoms with Crippen LogP contribution >= 0.6 is 0 Å². The SMILES string of the molecule is Nc1ccc2cc(S(=O)(=O)O)cc(O)c2c1N=Nc1cc(S(=O)(=O)O)cc(C(=O)O)c1O. The summed E-state index contributed by atoms with van der Waals surface area (Å²) >= 11 is 0. The van der Waals surface area contributed by atoms with Crippen LogP contribution in [0.3, 0.4) is 0 Å². The first-order chi connectivity index (χ1) is 14.7. The van der Waals surface area contributed by atoms with Crippen LogP contribution in [0.2, 0.25) is 0 Å². The second-order valence-electron chi connectivity index (χ2n) is 6.34. The van der Waals surface area contributed by atoms with E-state index in [1.807, 2.05) is 0 Å². The summed E-state index contributed by atoms with van der Waals surface area (Å²) in [6.45, 7) is 0. The minimum Gasteiger partial charge on any atom is -0.507 e. The first-order valence-electron chi connectivity index (χ1n) is 8.22. The quantitative estimate of drug-likeness (QED) is 0.175. The molecule has 0 bridgehead atoms. The van der Waals surface area contributed by atoms with Gasteiger partial charge in [-0.3, -0.25) is 9.11 Å². The maximum absolute atomic E-state index is 11.4. The summed E-state index contributed by atoms with van der Waals surface area (Å²) < 4.78 is 64.0. The number of hydrogen-bond donors (Lipinski definition) is 6. The minimum absolute atomic E-state index is 0.0721. The number of carboxylic acid groups (broad SMARTS) is 1. The fourth-order valence-electron chi connectivity index (χ4n) is 2.76. The van der Waals surface area contributed by atoms with E-state index in [1.165, 1.54) is 12.1 Å². The Balaban J connectivity index is 2.26. The predicted octanol–water partition coefficient (Wildman–Crippen LogP) is 2.44. The van der Waals surface area contributed by atoms with Gasteiger partial charge in [-0.1, -0.05) is 6.07 Å². The highest BCUT2D eigenvalue weighted by Gasteiger charge is 2.22. The van der Waals surface area contributed by atoms with Gasteiger partial charge >= 0.3 is 5.97 Å². The molecule has 0 heterocycles. The van der Waals surface area contributed by atoms with Gasteiger partial charge in [-0.05, 0) is 29.7 Å². The summed E-state index contributed by atoms with van der Waals surface area (Å²) in [7, 11) is -9.52. The number of rotatable bonds is 5. The number of aromatic hydroxyl groups is 2. The van der Waals surface area contributed by atoms with Crippen LogP contribution in [0.4, 0.5) is 17.1 Å². The van der Waals surface area contributed by atoms with Gasteiger partial charge in [-0.25, -0.2) is 4.79 Å². The van der Waals surface area contributed by atoms with Crippen molar-refractivity contribution < 1.29 is 46.1 Å². The average molecular weight is 483 g/mol. The van der Waals surface area contributed by atoms with E-state index >= 15 is 0 Å². The molecule has 0 aromatic heterocycles. The molecule has 3 aromatic rings. The molecule has 0 amide bonds. The minimum atomic E-state index is -4.87. The molecule has 13 nitrogen and oxygen atoms in total. The summed E-state index contributed by atoms with van der Waals surface area (Å²) in [5.41, 5.74) is 3.96. The van der Waals surface area contributed by atoms with Gasteiger partial charge in [0, 0.05) is 6.07 Å². The van der Waals surface area contributed by atoms with Crippen LogP contribution in [0, 0.1) is 0 Å². The molecular weight excluding hydrogens is 470 g/mol. The predicted molar refractivity (Wildman–Crippen MR) is 109 cm³/mol. The van der Waals surface area contributed by atoms with Crippen LogP contribution in [0.25, 0.3) is 10.8 Å². The molecule has 0 spiro atoms. The van der Waals surface area contributed by atoms with Crippen molar-refractivity contribution in [2.24, 2.45) is 10.2 Å². The largest absolute Gasteiger partial charge is 0.507 e. The van der Waals surface area contributed by atoms with Crippen molar-refractivity contribution in [2.45, 2.75) is 9.79 Å². The third kappa shape index (κ3) is 4.30.